The fourth-order valence-electron chi connectivity index (χ4n) is 2.24. The maximum Gasteiger partial charge on any atom is 0.416 e. The van der Waals surface area contributed by atoms with Crippen molar-refractivity contribution in [2.24, 2.45) is 5.92 Å². The first-order chi connectivity index (χ1) is 11.8. The van der Waals surface area contributed by atoms with E-state index in [2.05, 4.69) is 10.6 Å². The van der Waals surface area contributed by atoms with Gasteiger partial charge in [-0.15, -0.1) is 0 Å². The number of carbonyl (C=O) groups excluding carboxylic acids is 2. The largest absolute Gasteiger partial charge is 0.416 e. The summed E-state index contributed by atoms with van der Waals surface area (Å²) >= 11 is 0. The van der Waals surface area contributed by atoms with Gasteiger partial charge >= 0.3 is 6.18 Å². The molecule has 0 saturated heterocycles. The van der Waals surface area contributed by atoms with Crippen molar-refractivity contribution in [1.29, 1.82) is 0 Å². The predicted octanol–water partition coefficient (Wildman–Crippen LogP) is 4.31. The monoisotopic (exact) mass is 348 g/mol. The number of hydrogen-bond donors (Lipinski definition) is 2. The topological polar surface area (TPSA) is 58.2 Å². The summed E-state index contributed by atoms with van der Waals surface area (Å²) in [5.41, 5.74) is 0.428. The summed E-state index contributed by atoms with van der Waals surface area (Å²) in [6, 6.07) is 10.5. The third-order valence-corrected chi connectivity index (χ3v) is 3.83. The van der Waals surface area contributed by atoms with Crippen molar-refractivity contribution < 1.29 is 22.8 Å². The second-order valence-corrected chi connectivity index (χ2v) is 5.87. The summed E-state index contributed by atoms with van der Waals surface area (Å²) < 4.78 is 37.5. The van der Waals surface area contributed by atoms with Crippen molar-refractivity contribution in [3.8, 4) is 0 Å². The number of nitrogens with one attached hydrogen (secondary N) is 2. The van der Waals surface area contributed by atoms with E-state index in [0.29, 0.717) is 11.3 Å². The first-order valence-electron chi connectivity index (χ1n) is 7.72. The normalized spacial score (nSPS) is 14.0. The Morgan fingerprint density at radius 2 is 1.36 bits per heavy atom. The number of halogens is 3. The minimum atomic E-state index is -4.41. The zero-order valence-corrected chi connectivity index (χ0v) is 13.1. The molecule has 1 fully saturated rings. The van der Waals surface area contributed by atoms with Gasteiger partial charge < -0.3 is 10.6 Å². The molecule has 3 rings (SSSR count). The zero-order valence-electron chi connectivity index (χ0n) is 13.1. The summed E-state index contributed by atoms with van der Waals surface area (Å²) in [5, 5.41) is 5.29. The Balaban J connectivity index is 1.61. The molecule has 0 aromatic heterocycles. The molecule has 130 valence electrons. The smallest absolute Gasteiger partial charge is 0.326 e. The summed E-state index contributed by atoms with van der Waals surface area (Å²) in [4.78, 5) is 23.8. The molecule has 2 aromatic carbocycles. The Kier molecular flexibility index (Phi) is 4.48. The van der Waals surface area contributed by atoms with Crippen molar-refractivity contribution in [3.05, 3.63) is 59.7 Å². The lowest BCUT2D eigenvalue weighted by Gasteiger charge is -2.09. The van der Waals surface area contributed by atoms with Crippen LogP contribution < -0.4 is 10.6 Å². The molecule has 4 nitrogen and oxygen atoms in total. The molecule has 25 heavy (non-hydrogen) atoms. The first-order valence-corrected chi connectivity index (χ1v) is 7.72. The van der Waals surface area contributed by atoms with Crippen LogP contribution in [-0.4, -0.2) is 11.8 Å². The number of alkyl halides is 3. The molecule has 0 atom stereocenters. The quantitative estimate of drug-likeness (QED) is 0.865. The van der Waals surface area contributed by atoms with Crippen LogP contribution in [0.25, 0.3) is 0 Å². The van der Waals surface area contributed by atoms with Gasteiger partial charge in [0.2, 0.25) is 5.91 Å². The van der Waals surface area contributed by atoms with Gasteiger partial charge in [0.15, 0.2) is 0 Å². The van der Waals surface area contributed by atoms with Crippen molar-refractivity contribution in [2.45, 2.75) is 19.0 Å². The van der Waals surface area contributed by atoms with E-state index in [1.807, 2.05) is 0 Å². The van der Waals surface area contributed by atoms with E-state index < -0.39 is 17.6 Å². The molecule has 1 aliphatic rings. The fourth-order valence-corrected chi connectivity index (χ4v) is 2.24. The Labute approximate surface area is 142 Å². The Hall–Kier alpha value is -2.83. The van der Waals surface area contributed by atoms with Gasteiger partial charge in [-0.2, -0.15) is 13.2 Å². The Morgan fingerprint density at radius 3 is 1.88 bits per heavy atom. The van der Waals surface area contributed by atoms with Gasteiger partial charge in [0.1, 0.15) is 0 Å². The SMILES string of the molecule is O=C(Nc1ccc(C(F)(F)F)cc1)c1ccc(NC(=O)C2CC2)cc1. The molecule has 0 bridgehead atoms. The average molecular weight is 348 g/mol. The van der Waals surface area contributed by atoms with Crippen molar-refractivity contribution in [3.63, 3.8) is 0 Å². The summed E-state index contributed by atoms with van der Waals surface area (Å²) in [6.45, 7) is 0. The lowest BCUT2D eigenvalue weighted by molar-refractivity contribution is -0.137. The maximum absolute atomic E-state index is 12.5. The molecular formula is C18H15F3N2O2. The third-order valence-electron chi connectivity index (χ3n) is 3.83. The minimum Gasteiger partial charge on any atom is -0.326 e. The number of carbonyl (C=O) groups is 2. The lowest BCUT2D eigenvalue weighted by Crippen LogP contribution is -2.14. The second kappa shape index (κ2) is 6.58. The van der Waals surface area contributed by atoms with Crippen LogP contribution in [0.2, 0.25) is 0 Å². The van der Waals surface area contributed by atoms with Gasteiger partial charge in [-0.3, -0.25) is 9.59 Å². The minimum absolute atomic E-state index is 0.0260. The third kappa shape index (κ3) is 4.37. The van der Waals surface area contributed by atoms with Gasteiger partial charge in [-0.05, 0) is 61.4 Å². The average Bonchev–Trinajstić information content (AvgIpc) is 3.40. The van der Waals surface area contributed by atoms with E-state index >= 15 is 0 Å². The van der Waals surface area contributed by atoms with Crippen molar-refractivity contribution >= 4 is 23.2 Å². The molecule has 7 heteroatoms. The van der Waals surface area contributed by atoms with Crippen LogP contribution in [0.1, 0.15) is 28.8 Å². The Bertz CT molecular complexity index is 779. The number of anilines is 2. The van der Waals surface area contributed by atoms with E-state index in [-0.39, 0.29) is 17.5 Å². The lowest BCUT2D eigenvalue weighted by atomic mass is 10.1. The number of benzene rings is 2. The van der Waals surface area contributed by atoms with Gasteiger partial charge in [0.25, 0.3) is 5.91 Å². The maximum atomic E-state index is 12.5. The highest BCUT2D eigenvalue weighted by atomic mass is 19.4. The van der Waals surface area contributed by atoms with Crippen LogP contribution in [0.4, 0.5) is 24.5 Å². The van der Waals surface area contributed by atoms with Crippen LogP contribution in [0.15, 0.2) is 48.5 Å². The van der Waals surface area contributed by atoms with Crippen LogP contribution >= 0.6 is 0 Å². The standard InChI is InChI=1S/C18H15F3N2O2/c19-18(20,21)13-5-9-15(10-6-13)23-17(25)12-3-7-14(8-4-12)22-16(24)11-1-2-11/h3-11H,1-2H2,(H,22,24)(H,23,25). The summed E-state index contributed by atoms with van der Waals surface area (Å²) in [6.07, 6.45) is -2.61. The van der Waals surface area contributed by atoms with Gasteiger partial charge in [-0.1, -0.05) is 0 Å². The highest BCUT2D eigenvalue weighted by Crippen LogP contribution is 2.31. The van der Waals surface area contributed by atoms with Gasteiger partial charge in [-0.25, -0.2) is 0 Å². The molecule has 2 aromatic rings. The van der Waals surface area contributed by atoms with E-state index in [4.69, 9.17) is 0 Å². The van der Waals surface area contributed by atoms with Crippen LogP contribution in [0.3, 0.4) is 0 Å². The molecule has 1 saturated carbocycles. The molecule has 2 N–H and O–H groups in total. The van der Waals surface area contributed by atoms with Crippen LogP contribution in [-0.2, 0) is 11.0 Å². The van der Waals surface area contributed by atoms with E-state index in [0.717, 1.165) is 25.0 Å². The molecule has 0 unspecified atom stereocenters. The van der Waals surface area contributed by atoms with Crippen LogP contribution in [0.5, 0.6) is 0 Å². The van der Waals surface area contributed by atoms with E-state index in [1.54, 1.807) is 24.3 Å². The second-order valence-electron chi connectivity index (χ2n) is 5.87. The number of hydrogen-bond acceptors (Lipinski definition) is 2. The Morgan fingerprint density at radius 1 is 0.840 bits per heavy atom. The zero-order chi connectivity index (χ0) is 18.0. The molecule has 0 spiro atoms. The molecule has 0 radical (unpaired) electrons. The van der Waals surface area contributed by atoms with Crippen molar-refractivity contribution in [2.75, 3.05) is 10.6 Å². The van der Waals surface area contributed by atoms with Crippen LogP contribution in [0, 0.1) is 5.92 Å². The first kappa shape index (κ1) is 17.0. The van der Waals surface area contributed by atoms with Crippen molar-refractivity contribution in [1.82, 2.24) is 0 Å². The highest BCUT2D eigenvalue weighted by molar-refractivity contribution is 6.04. The fraction of sp³-hybridized carbons (Fsp3) is 0.222. The predicted molar refractivity (Wildman–Crippen MR) is 87.2 cm³/mol. The van der Waals surface area contributed by atoms with Gasteiger partial charge in [0, 0.05) is 22.9 Å². The number of rotatable bonds is 4. The molecule has 0 heterocycles. The van der Waals surface area contributed by atoms with E-state index in [9.17, 15) is 22.8 Å². The highest BCUT2D eigenvalue weighted by Gasteiger charge is 2.30. The summed E-state index contributed by atoms with van der Waals surface area (Å²) in [7, 11) is 0. The summed E-state index contributed by atoms with van der Waals surface area (Å²) in [5.74, 6) is -0.385. The molecule has 0 aliphatic heterocycles. The molecular weight excluding hydrogens is 333 g/mol. The molecule has 1 aliphatic carbocycles. The molecule has 2 amide bonds. The van der Waals surface area contributed by atoms with Gasteiger partial charge in [0.05, 0.1) is 5.56 Å². The number of amides is 2. The van der Waals surface area contributed by atoms with E-state index in [1.165, 1.54) is 12.1 Å².